The summed E-state index contributed by atoms with van der Waals surface area (Å²) < 4.78 is 1.67. The van der Waals surface area contributed by atoms with Crippen LogP contribution in [0.2, 0.25) is 0 Å². The number of aliphatic hydroxyl groups is 1. The molecule has 0 aliphatic carbocycles. The largest absolute Gasteiger partial charge is 0.392 e. The highest BCUT2D eigenvalue weighted by molar-refractivity contribution is 4.91. The molecule has 1 heterocycles. The van der Waals surface area contributed by atoms with Crippen molar-refractivity contribution in [1.82, 2.24) is 19.9 Å². The molecule has 1 rings (SSSR count). The molecule has 0 aromatic carbocycles. The molecule has 5 nitrogen and oxygen atoms in total. The van der Waals surface area contributed by atoms with Gasteiger partial charge in [0.1, 0.15) is 0 Å². The Kier molecular flexibility index (Phi) is 3.39. The maximum Gasteiger partial charge on any atom is 0.0966 e. The number of hydrogen-bond acceptors (Lipinski definition) is 4. The second kappa shape index (κ2) is 4.34. The van der Waals surface area contributed by atoms with Crippen molar-refractivity contribution in [3.63, 3.8) is 0 Å². The van der Waals surface area contributed by atoms with Crippen LogP contribution >= 0.6 is 0 Å². The highest BCUT2D eigenvalue weighted by atomic mass is 16.3. The van der Waals surface area contributed by atoms with Crippen LogP contribution in [0, 0.1) is 0 Å². The average Bonchev–Trinajstić information content (AvgIpc) is 2.33. The summed E-state index contributed by atoms with van der Waals surface area (Å²) in [4.78, 5) is 2.01. The molecule has 1 atom stereocenters. The monoisotopic (exact) mass is 184 g/mol. The number of hydrogen-bond donors (Lipinski definition) is 1. The van der Waals surface area contributed by atoms with E-state index in [1.165, 1.54) is 0 Å². The van der Waals surface area contributed by atoms with Crippen LogP contribution in [0.15, 0.2) is 6.20 Å². The molecule has 0 saturated heterocycles. The molecule has 0 radical (unpaired) electrons. The minimum absolute atomic E-state index is 0.304. The fourth-order valence-electron chi connectivity index (χ4n) is 1.26. The van der Waals surface area contributed by atoms with Gasteiger partial charge in [0.05, 0.1) is 11.8 Å². The summed E-state index contributed by atoms with van der Waals surface area (Å²) in [6.45, 7) is 3.14. The molecular formula is C8H16N4O. The molecule has 0 spiro atoms. The van der Waals surface area contributed by atoms with E-state index in [0.717, 1.165) is 12.2 Å². The maximum absolute atomic E-state index is 9.12. The first-order valence-corrected chi connectivity index (χ1v) is 4.29. The Hall–Kier alpha value is -0.940. The highest BCUT2D eigenvalue weighted by Crippen LogP contribution is 1.98. The quantitative estimate of drug-likeness (QED) is 0.693. The first-order valence-electron chi connectivity index (χ1n) is 4.29. The normalized spacial score (nSPS) is 13.6. The molecule has 74 valence electrons. The first-order chi connectivity index (χ1) is 6.08. The molecule has 0 saturated carbocycles. The third-order valence-corrected chi connectivity index (χ3v) is 1.66. The Morgan fingerprint density at radius 1 is 1.69 bits per heavy atom. The lowest BCUT2D eigenvalue weighted by Crippen LogP contribution is -2.26. The number of likely N-dealkylation sites (N-methyl/N-ethyl adjacent to an activating group) is 1. The van der Waals surface area contributed by atoms with Crippen LogP contribution in [0.5, 0.6) is 0 Å². The van der Waals surface area contributed by atoms with Crippen LogP contribution in [0.3, 0.4) is 0 Å². The van der Waals surface area contributed by atoms with E-state index in [-0.39, 0.29) is 6.10 Å². The molecule has 13 heavy (non-hydrogen) atoms. The first kappa shape index (κ1) is 10.1. The third-order valence-electron chi connectivity index (χ3n) is 1.66. The minimum atomic E-state index is -0.304. The Morgan fingerprint density at radius 3 is 2.85 bits per heavy atom. The van der Waals surface area contributed by atoms with Gasteiger partial charge in [-0.25, -0.2) is 0 Å². The lowest BCUT2D eigenvalue weighted by molar-refractivity contribution is 0.137. The van der Waals surface area contributed by atoms with E-state index in [1.807, 2.05) is 25.2 Å². The zero-order valence-electron chi connectivity index (χ0n) is 8.30. The zero-order valence-corrected chi connectivity index (χ0v) is 8.30. The van der Waals surface area contributed by atoms with Gasteiger partial charge in [0.15, 0.2) is 0 Å². The van der Waals surface area contributed by atoms with Crippen LogP contribution in [0.4, 0.5) is 0 Å². The summed E-state index contributed by atoms with van der Waals surface area (Å²) in [7, 11) is 3.78. The van der Waals surface area contributed by atoms with Crippen molar-refractivity contribution in [2.45, 2.75) is 19.6 Å². The van der Waals surface area contributed by atoms with Crippen LogP contribution in [-0.2, 0) is 13.6 Å². The lowest BCUT2D eigenvalue weighted by Gasteiger charge is -2.16. The van der Waals surface area contributed by atoms with Crippen molar-refractivity contribution in [2.75, 3.05) is 13.6 Å². The predicted octanol–water partition coefficient (Wildman–Crippen LogP) is -0.372. The van der Waals surface area contributed by atoms with Gasteiger partial charge in [-0.1, -0.05) is 5.21 Å². The fraction of sp³-hybridized carbons (Fsp3) is 0.750. The van der Waals surface area contributed by atoms with E-state index in [1.54, 1.807) is 11.6 Å². The number of rotatable bonds is 4. The fourth-order valence-corrected chi connectivity index (χ4v) is 1.26. The van der Waals surface area contributed by atoms with Gasteiger partial charge in [-0.3, -0.25) is 9.58 Å². The smallest absolute Gasteiger partial charge is 0.0966 e. The second-order valence-corrected chi connectivity index (χ2v) is 3.43. The summed E-state index contributed by atoms with van der Waals surface area (Å²) in [5, 5.41) is 16.9. The summed E-state index contributed by atoms with van der Waals surface area (Å²) in [5.74, 6) is 0. The Morgan fingerprint density at radius 2 is 2.38 bits per heavy atom. The van der Waals surface area contributed by atoms with Crippen molar-refractivity contribution >= 4 is 0 Å². The van der Waals surface area contributed by atoms with Gasteiger partial charge in [0, 0.05) is 26.3 Å². The molecule has 5 heteroatoms. The molecular weight excluding hydrogens is 168 g/mol. The van der Waals surface area contributed by atoms with Crippen LogP contribution in [0.25, 0.3) is 0 Å². The van der Waals surface area contributed by atoms with E-state index in [0.29, 0.717) is 6.54 Å². The maximum atomic E-state index is 9.12. The Bertz CT molecular complexity index is 258. The van der Waals surface area contributed by atoms with Crippen LogP contribution in [0.1, 0.15) is 12.6 Å². The second-order valence-electron chi connectivity index (χ2n) is 3.43. The lowest BCUT2D eigenvalue weighted by atomic mass is 10.3. The average molecular weight is 184 g/mol. The molecule has 1 unspecified atom stereocenters. The third kappa shape index (κ3) is 3.52. The number of aryl methyl sites for hydroxylation is 1. The van der Waals surface area contributed by atoms with Crippen molar-refractivity contribution in [2.24, 2.45) is 7.05 Å². The SMILES string of the molecule is CC(O)CN(C)Cc1cn(C)nn1. The van der Waals surface area contributed by atoms with Crippen molar-refractivity contribution in [1.29, 1.82) is 0 Å². The molecule has 0 aliphatic rings. The summed E-state index contributed by atoms with van der Waals surface area (Å²) in [5.41, 5.74) is 0.922. The van der Waals surface area contributed by atoms with Gasteiger partial charge >= 0.3 is 0 Å². The van der Waals surface area contributed by atoms with Crippen molar-refractivity contribution in [3.05, 3.63) is 11.9 Å². The van der Waals surface area contributed by atoms with Crippen molar-refractivity contribution in [3.8, 4) is 0 Å². The molecule has 0 bridgehead atoms. The van der Waals surface area contributed by atoms with Gasteiger partial charge in [0.2, 0.25) is 0 Å². The van der Waals surface area contributed by atoms with E-state index in [2.05, 4.69) is 10.3 Å². The standard InChI is InChI=1S/C8H16N4O/c1-7(13)4-11(2)5-8-6-12(3)10-9-8/h6-7,13H,4-5H2,1-3H3. The van der Waals surface area contributed by atoms with E-state index in [4.69, 9.17) is 5.11 Å². The van der Waals surface area contributed by atoms with Gasteiger partial charge in [0.25, 0.3) is 0 Å². The van der Waals surface area contributed by atoms with Gasteiger partial charge in [-0.15, -0.1) is 5.10 Å². The molecule has 0 fully saturated rings. The molecule has 1 N–H and O–H groups in total. The number of aliphatic hydroxyl groups excluding tert-OH is 1. The van der Waals surface area contributed by atoms with Gasteiger partial charge in [-0.2, -0.15) is 0 Å². The molecule has 1 aromatic heterocycles. The van der Waals surface area contributed by atoms with Gasteiger partial charge < -0.3 is 5.11 Å². The Balaban J connectivity index is 2.40. The van der Waals surface area contributed by atoms with E-state index >= 15 is 0 Å². The van der Waals surface area contributed by atoms with Crippen molar-refractivity contribution < 1.29 is 5.11 Å². The summed E-state index contributed by atoms with van der Waals surface area (Å²) in [6, 6.07) is 0. The molecule has 0 aliphatic heterocycles. The highest BCUT2D eigenvalue weighted by Gasteiger charge is 2.05. The van der Waals surface area contributed by atoms with Gasteiger partial charge in [-0.05, 0) is 14.0 Å². The predicted molar refractivity (Wildman–Crippen MR) is 49.0 cm³/mol. The number of nitrogens with zero attached hydrogens (tertiary/aromatic N) is 4. The topological polar surface area (TPSA) is 54.2 Å². The molecule has 0 amide bonds. The van der Waals surface area contributed by atoms with Crippen LogP contribution < -0.4 is 0 Å². The molecule has 1 aromatic rings. The summed E-state index contributed by atoms with van der Waals surface area (Å²) in [6.07, 6.45) is 1.57. The Labute approximate surface area is 78.0 Å². The summed E-state index contributed by atoms with van der Waals surface area (Å²) >= 11 is 0. The minimum Gasteiger partial charge on any atom is -0.392 e. The zero-order chi connectivity index (χ0) is 9.84. The van der Waals surface area contributed by atoms with E-state index < -0.39 is 0 Å². The number of aromatic nitrogens is 3. The van der Waals surface area contributed by atoms with E-state index in [9.17, 15) is 0 Å². The van der Waals surface area contributed by atoms with Crippen LogP contribution in [-0.4, -0.2) is 44.7 Å².